The van der Waals surface area contributed by atoms with Gasteiger partial charge in [0.15, 0.2) is 6.23 Å². The minimum atomic E-state index is -1.03. The molecule has 4 atom stereocenters. The molecule has 1 aromatic rings. The molecule has 44 heavy (non-hydrogen) atoms. The van der Waals surface area contributed by atoms with Crippen molar-refractivity contribution >= 4 is 35.2 Å². The standard InChI is InChI=1S/C32H40ClFN4O6/c1-19-15-23(22(4)28(10-7-20(2)34)43-21(3)18-37(41)42)8-9-26(19)30(39)36-13-11-25(12-14-36)38-27-16-24(33)17-35-29(27)44-32(5,6)31(38)40/h7-10,15-17,21,25,27,29,37,41H,4,11-14,18H2,1-3,5-6H3/b20-7+,28-10+/t21-,27?,29?/m1/s1. The molecule has 0 bridgehead atoms. The lowest BCUT2D eigenvalue weighted by molar-refractivity contribution is -1.05. The molecule has 0 radical (unpaired) electrons. The van der Waals surface area contributed by atoms with E-state index in [4.69, 9.17) is 26.3 Å². The Labute approximate surface area is 262 Å². The highest BCUT2D eigenvalue weighted by molar-refractivity contribution is 6.39. The van der Waals surface area contributed by atoms with Crippen molar-refractivity contribution in [2.75, 3.05) is 19.6 Å². The maximum atomic E-state index is 13.6. The number of amides is 2. The first-order chi connectivity index (χ1) is 20.7. The largest absolute Gasteiger partial charge is 0.600 e. The number of aryl methyl sites for hydroxylation is 1. The Morgan fingerprint density at radius 3 is 2.66 bits per heavy atom. The fourth-order valence-electron chi connectivity index (χ4n) is 5.70. The SMILES string of the molecule is C=C(/C(=C\C=C(/C)F)O[C@H](C)C[NH+]([O-])O)c1ccc(C(=O)N2CCC(N3C(=O)C(C)(C)OC4N=CC(Cl)=CC43)CC2)c(C)c1. The van der Waals surface area contributed by atoms with E-state index < -0.39 is 35.0 Å². The highest BCUT2D eigenvalue weighted by Crippen LogP contribution is 2.35. The van der Waals surface area contributed by atoms with Crippen molar-refractivity contribution in [2.24, 2.45) is 4.99 Å². The molecule has 0 spiro atoms. The van der Waals surface area contributed by atoms with E-state index in [1.807, 2.05) is 17.9 Å². The number of hydroxylamine groups is 2. The summed E-state index contributed by atoms with van der Waals surface area (Å²) in [5.74, 6) is -0.452. The van der Waals surface area contributed by atoms with Gasteiger partial charge in [-0.25, -0.2) is 14.8 Å². The van der Waals surface area contributed by atoms with Crippen LogP contribution in [0.3, 0.4) is 0 Å². The molecule has 10 nitrogen and oxygen atoms in total. The van der Waals surface area contributed by atoms with Crippen molar-refractivity contribution < 1.29 is 33.9 Å². The third-order valence-corrected chi connectivity index (χ3v) is 8.18. The number of dihydropyridines is 1. The number of carbonyl (C=O) groups is 2. The number of carbonyl (C=O) groups excluding carboxylic acids is 2. The minimum Gasteiger partial charge on any atom is -0.600 e. The van der Waals surface area contributed by atoms with Crippen molar-refractivity contribution in [1.29, 1.82) is 0 Å². The number of morpholine rings is 1. The van der Waals surface area contributed by atoms with Gasteiger partial charge in [-0.3, -0.25) is 14.6 Å². The third-order valence-electron chi connectivity index (χ3n) is 7.96. The molecule has 238 valence electrons. The Morgan fingerprint density at radius 1 is 1.36 bits per heavy atom. The highest BCUT2D eigenvalue weighted by atomic mass is 35.5. The van der Waals surface area contributed by atoms with E-state index in [9.17, 15) is 19.2 Å². The average Bonchev–Trinajstić information content (AvgIpc) is 2.95. The van der Waals surface area contributed by atoms with E-state index in [0.717, 1.165) is 5.56 Å². The Hall–Kier alpha value is -3.35. The van der Waals surface area contributed by atoms with Gasteiger partial charge in [0.05, 0.1) is 16.9 Å². The Kier molecular flexibility index (Phi) is 10.5. The van der Waals surface area contributed by atoms with Crippen molar-refractivity contribution in [2.45, 2.75) is 77.5 Å². The molecule has 0 aliphatic carbocycles. The van der Waals surface area contributed by atoms with Crippen molar-refractivity contribution in [3.63, 3.8) is 0 Å². The van der Waals surface area contributed by atoms with Crippen molar-refractivity contribution in [1.82, 2.24) is 9.80 Å². The molecule has 2 fully saturated rings. The lowest BCUT2D eigenvalue weighted by Crippen LogP contribution is -3.05. The van der Waals surface area contributed by atoms with Gasteiger partial charge < -0.3 is 24.5 Å². The number of hydrogen-bond donors (Lipinski definition) is 2. The van der Waals surface area contributed by atoms with E-state index in [0.29, 0.717) is 47.7 Å². The second kappa shape index (κ2) is 13.7. The normalized spacial score (nSPS) is 24.0. The number of piperidine rings is 1. The van der Waals surface area contributed by atoms with Crippen LogP contribution < -0.4 is 5.23 Å². The Balaban J connectivity index is 1.46. The number of allylic oxidation sites excluding steroid dienone is 5. The zero-order valence-corrected chi connectivity index (χ0v) is 26.4. The van der Waals surface area contributed by atoms with Gasteiger partial charge in [-0.2, -0.15) is 0 Å². The molecule has 3 aliphatic heterocycles. The average molecular weight is 631 g/mol. The van der Waals surface area contributed by atoms with E-state index >= 15 is 0 Å². The number of nitrogens with zero attached hydrogens (tertiary/aromatic N) is 3. The summed E-state index contributed by atoms with van der Waals surface area (Å²) in [6.45, 7) is 13.0. The van der Waals surface area contributed by atoms with Crippen LogP contribution in [0.2, 0.25) is 0 Å². The van der Waals surface area contributed by atoms with Crippen LogP contribution in [0, 0.1) is 12.1 Å². The summed E-state index contributed by atoms with van der Waals surface area (Å²) in [6.07, 6.45) is 5.99. The van der Waals surface area contributed by atoms with Gasteiger partial charge in [-0.15, -0.1) is 0 Å². The van der Waals surface area contributed by atoms with Gasteiger partial charge in [-0.1, -0.05) is 30.3 Å². The summed E-state index contributed by atoms with van der Waals surface area (Å²) in [7, 11) is 0. The second-order valence-electron chi connectivity index (χ2n) is 11.9. The fourth-order valence-corrected chi connectivity index (χ4v) is 5.89. The number of halogens is 2. The number of nitrogens with one attached hydrogen (secondary N) is 1. The molecule has 2 N–H and O–H groups in total. The Bertz CT molecular complexity index is 1410. The first kappa shape index (κ1) is 33.5. The first-order valence-corrected chi connectivity index (χ1v) is 15.0. The molecule has 0 saturated carbocycles. The van der Waals surface area contributed by atoms with Crippen LogP contribution >= 0.6 is 11.6 Å². The van der Waals surface area contributed by atoms with E-state index in [2.05, 4.69) is 11.6 Å². The predicted molar refractivity (Wildman–Crippen MR) is 166 cm³/mol. The van der Waals surface area contributed by atoms with Gasteiger partial charge in [0.1, 0.15) is 24.0 Å². The number of benzene rings is 1. The summed E-state index contributed by atoms with van der Waals surface area (Å²) in [5, 5.41) is 19.7. The molecule has 2 saturated heterocycles. The van der Waals surface area contributed by atoms with E-state index in [1.165, 1.54) is 19.1 Å². The van der Waals surface area contributed by atoms with Crippen molar-refractivity contribution in [3.05, 3.63) is 81.5 Å². The maximum absolute atomic E-state index is 13.6. The molecule has 12 heteroatoms. The summed E-state index contributed by atoms with van der Waals surface area (Å²) in [5.41, 5.74) is 1.31. The summed E-state index contributed by atoms with van der Waals surface area (Å²) in [6, 6.07) is 4.78. The molecular weight excluding hydrogens is 591 g/mol. The van der Waals surface area contributed by atoms with Crippen LogP contribution in [-0.4, -0.2) is 82.7 Å². The molecule has 1 aromatic carbocycles. The van der Waals surface area contributed by atoms with E-state index in [-0.39, 0.29) is 30.2 Å². The molecule has 4 rings (SSSR count). The lowest BCUT2D eigenvalue weighted by atomic mass is 9.93. The molecule has 3 heterocycles. The van der Waals surface area contributed by atoms with Crippen LogP contribution in [-0.2, 0) is 14.3 Å². The summed E-state index contributed by atoms with van der Waals surface area (Å²) < 4.78 is 25.3. The third kappa shape index (κ3) is 7.65. The summed E-state index contributed by atoms with van der Waals surface area (Å²) >= 11 is 6.23. The predicted octanol–water partition coefficient (Wildman–Crippen LogP) is 4.09. The van der Waals surface area contributed by atoms with Crippen LogP contribution in [0.25, 0.3) is 5.57 Å². The zero-order valence-electron chi connectivity index (χ0n) is 25.7. The van der Waals surface area contributed by atoms with Crippen LogP contribution in [0.1, 0.15) is 62.0 Å². The molecule has 2 amide bonds. The van der Waals surface area contributed by atoms with Crippen LogP contribution in [0.4, 0.5) is 4.39 Å². The number of quaternary nitrogens is 1. The molecule has 0 aromatic heterocycles. The monoisotopic (exact) mass is 630 g/mol. The van der Waals surface area contributed by atoms with Gasteiger partial charge >= 0.3 is 0 Å². The van der Waals surface area contributed by atoms with Gasteiger partial charge in [0, 0.05) is 36.5 Å². The number of hydrogen-bond acceptors (Lipinski definition) is 7. The minimum absolute atomic E-state index is 0.0984. The topological polar surface area (TPSA) is 119 Å². The fraction of sp³-hybridized carbons (Fsp3) is 0.469. The Morgan fingerprint density at radius 2 is 2.05 bits per heavy atom. The van der Waals surface area contributed by atoms with E-state index in [1.54, 1.807) is 50.1 Å². The number of likely N-dealkylation sites (tertiary alicyclic amines) is 1. The van der Waals surface area contributed by atoms with Gasteiger partial charge in [0.2, 0.25) is 0 Å². The van der Waals surface area contributed by atoms with Gasteiger partial charge in [0.25, 0.3) is 11.8 Å². The molecular formula is C32H40ClFN4O6. The van der Waals surface area contributed by atoms with Crippen molar-refractivity contribution in [3.8, 4) is 0 Å². The lowest BCUT2D eigenvalue weighted by Gasteiger charge is -2.50. The second-order valence-corrected chi connectivity index (χ2v) is 12.3. The number of fused-ring (bicyclic) bond motifs is 1. The van der Waals surface area contributed by atoms with Crippen LogP contribution in [0.15, 0.2) is 64.6 Å². The van der Waals surface area contributed by atoms with Gasteiger partial charge in [-0.05, 0) is 82.9 Å². The summed E-state index contributed by atoms with van der Waals surface area (Å²) in [4.78, 5) is 35.1. The number of rotatable bonds is 9. The number of ether oxygens (including phenoxy) is 2. The molecule has 3 unspecified atom stereocenters. The highest BCUT2D eigenvalue weighted by Gasteiger charge is 2.50. The first-order valence-electron chi connectivity index (χ1n) is 14.6. The maximum Gasteiger partial charge on any atom is 0.255 e. The molecule has 3 aliphatic rings. The smallest absolute Gasteiger partial charge is 0.255 e. The zero-order chi connectivity index (χ0) is 32.3. The van der Waals surface area contributed by atoms with Crippen LogP contribution in [0.5, 0.6) is 0 Å². The quantitative estimate of drug-likeness (QED) is 0.241. The number of aliphatic imine (C=N–C) groups is 1.